The van der Waals surface area contributed by atoms with E-state index in [0.29, 0.717) is 33.2 Å². The van der Waals surface area contributed by atoms with Gasteiger partial charge in [0.1, 0.15) is 35.5 Å². The highest BCUT2D eigenvalue weighted by Gasteiger charge is 2.46. The molecule has 0 saturated carbocycles. The molecule has 0 amide bonds. The lowest BCUT2D eigenvalue weighted by Crippen LogP contribution is -2.43. The maximum absolute atomic E-state index is 14.1. The van der Waals surface area contributed by atoms with E-state index in [9.17, 15) is 43.4 Å². The second-order valence-corrected chi connectivity index (χ2v) is 18.0. The van der Waals surface area contributed by atoms with Gasteiger partial charge in [0.15, 0.2) is 11.8 Å². The summed E-state index contributed by atoms with van der Waals surface area (Å²) in [6, 6.07) is 36.0. The van der Waals surface area contributed by atoms with Gasteiger partial charge in [-0.3, -0.25) is 27.5 Å². The molecular weight excluding hydrogens is 916 g/mol. The van der Waals surface area contributed by atoms with Crippen LogP contribution in [-0.2, 0) is 51.5 Å². The lowest BCUT2D eigenvalue weighted by atomic mass is 10.1. The number of esters is 2. The molecule has 7 aromatic rings. The molecule has 1 saturated heterocycles. The van der Waals surface area contributed by atoms with Crippen LogP contribution in [0, 0.1) is 0 Å². The second-order valence-electron chi connectivity index (χ2n) is 14.7. The number of fused-ring (bicyclic) bond motifs is 1. The van der Waals surface area contributed by atoms with E-state index in [1.165, 1.54) is 48.5 Å². The van der Waals surface area contributed by atoms with Crippen molar-refractivity contribution >= 4 is 38.6 Å². The Labute approximate surface area is 379 Å². The molecule has 346 valence electrons. The third kappa shape index (κ3) is 11.5. The molecule has 0 spiro atoms. The SMILES string of the molecule is O=C(Oc1ccc(COP(=O)(OCc2ccc(OC(=O)c3ccccc3)cc2)OP(=O)(O)OC[C@H]2O[C@@H](n3ccc(=O)n(Cc4noc5ccccc45)c3=O)C(O)[C@H]2O)cc1)c1ccccc1. The lowest BCUT2D eigenvalue weighted by Gasteiger charge is -2.22. The monoisotopic (exact) mass is 955 g/mol. The maximum atomic E-state index is 14.1. The number of nitrogens with zero attached hydrogens (tertiary/aromatic N) is 3. The Morgan fingerprint density at radius 1 is 0.672 bits per heavy atom. The Hall–Kier alpha value is -6.67. The Morgan fingerprint density at radius 3 is 1.78 bits per heavy atom. The second kappa shape index (κ2) is 20.5. The van der Waals surface area contributed by atoms with E-state index < -0.39 is 83.2 Å². The summed E-state index contributed by atoms with van der Waals surface area (Å²) in [7, 11) is -10.5. The van der Waals surface area contributed by atoms with Crippen molar-refractivity contribution in [3.05, 3.63) is 195 Å². The first-order valence-electron chi connectivity index (χ1n) is 20.2. The molecule has 5 atom stereocenters. The van der Waals surface area contributed by atoms with Crippen molar-refractivity contribution in [3.63, 3.8) is 0 Å². The van der Waals surface area contributed by atoms with E-state index in [0.717, 1.165) is 21.4 Å². The molecule has 8 rings (SSSR count). The molecule has 1 aliphatic rings. The van der Waals surface area contributed by atoms with Crippen molar-refractivity contribution in [2.75, 3.05) is 6.61 Å². The normalized spacial score (nSPS) is 18.1. The average Bonchev–Trinajstić information content (AvgIpc) is 3.88. The van der Waals surface area contributed by atoms with Gasteiger partial charge in [-0.05, 0) is 71.8 Å². The van der Waals surface area contributed by atoms with Crippen LogP contribution in [0.3, 0.4) is 0 Å². The average molecular weight is 956 g/mol. The quantitative estimate of drug-likeness (QED) is 0.0511. The van der Waals surface area contributed by atoms with Crippen molar-refractivity contribution in [1.82, 2.24) is 14.3 Å². The lowest BCUT2D eigenvalue weighted by molar-refractivity contribution is -0.0549. The summed E-state index contributed by atoms with van der Waals surface area (Å²) < 4.78 is 72.1. The van der Waals surface area contributed by atoms with E-state index in [2.05, 4.69) is 5.16 Å². The molecule has 5 aromatic carbocycles. The highest BCUT2D eigenvalue weighted by Crippen LogP contribution is 2.64. The number of hydrogen-bond acceptors (Lipinski definition) is 17. The van der Waals surface area contributed by atoms with Crippen molar-refractivity contribution in [1.29, 1.82) is 0 Å². The zero-order valence-electron chi connectivity index (χ0n) is 34.8. The van der Waals surface area contributed by atoms with Crippen LogP contribution in [-0.4, -0.2) is 66.3 Å². The number of aliphatic hydroxyl groups is 2. The summed E-state index contributed by atoms with van der Waals surface area (Å²) >= 11 is 0. The zero-order valence-corrected chi connectivity index (χ0v) is 36.6. The van der Waals surface area contributed by atoms with Gasteiger partial charge in [0, 0.05) is 17.6 Å². The third-order valence-electron chi connectivity index (χ3n) is 10.1. The van der Waals surface area contributed by atoms with E-state index in [1.807, 2.05) is 0 Å². The van der Waals surface area contributed by atoms with Crippen molar-refractivity contribution < 1.29 is 70.4 Å². The number of aliphatic hydroxyl groups excluding tert-OH is 2. The first kappa shape index (κ1) is 46.8. The van der Waals surface area contributed by atoms with Crippen LogP contribution in [0.25, 0.3) is 11.0 Å². The van der Waals surface area contributed by atoms with Crippen LogP contribution in [0.5, 0.6) is 11.5 Å². The maximum Gasteiger partial charge on any atom is 0.484 e. The van der Waals surface area contributed by atoms with Gasteiger partial charge in [0.2, 0.25) is 0 Å². The topological polar surface area (TPSA) is 264 Å². The van der Waals surface area contributed by atoms with Gasteiger partial charge < -0.3 is 33.8 Å². The number of benzene rings is 5. The summed E-state index contributed by atoms with van der Waals surface area (Å²) in [4.78, 5) is 62.3. The summed E-state index contributed by atoms with van der Waals surface area (Å²) in [5.74, 6) is -0.860. The Balaban J connectivity index is 0.937. The van der Waals surface area contributed by atoms with Gasteiger partial charge in [0.25, 0.3) is 5.56 Å². The van der Waals surface area contributed by atoms with E-state index in [4.69, 9.17) is 36.6 Å². The molecule has 0 bridgehead atoms. The molecule has 0 aliphatic carbocycles. The number of phosphoric acid groups is 2. The zero-order chi connectivity index (χ0) is 47.1. The van der Waals surface area contributed by atoms with Gasteiger partial charge >= 0.3 is 33.3 Å². The van der Waals surface area contributed by atoms with E-state index in [-0.39, 0.29) is 23.7 Å². The molecule has 3 heterocycles. The van der Waals surface area contributed by atoms with Gasteiger partial charge in [-0.2, -0.15) is 4.31 Å². The minimum Gasteiger partial charge on any atom is -0.423 e. The molecule has 2 unspecified atom stereocenters. The van der Waals surface area contributed by atoms with Gasteiger partial charge in [-0.1, -0.05) is 78.0 Å². The highest BCUT2D eigenvalue weighted by molar-refractivity contribution is 7.61. The number of aromatic nitrogens is 3. The Bertz CT molecular complexity index is 2970. The summed E-state index contributed by atoms with van der Waals surface area (Å²) in [6.07, 6.45) is -5.78. The van der Waals surface area contributed by atoms with Crippen LogP contribution in [0.2, 0.25) is 0 Å². The van der Waals surface area contributed by atoms with Crippen LogP contribution in [0.4, 0.5) is 0 Å². The van der Waals surface area contributed by atoms with Crippen LogP contribution < -0.4 is 20.7 Å². The first-order valence-corrected chi connectivity index (χ1v) is 23.2. The Kier molecular flexibility index (Phi) is 14.3. The molecule has 0 radical (unpaired) electrons. The van der Waals surface area contributed by atoms with Crippen molar-refractivity contribution in [2.24, 2.45) is 0 Å². The van der Waals surface area contributed by atoms with Gasteiger partial charge in [0.05, 0.1) is 37.5 Å². The molecule has 20 nitrogen and oxygen atoms in total. The first-order chi connectivity index (χ1) is 32.2. The summed E-state index contributed by atoms with van der Waals surface area (Å²) in [6.45, 7) is -2.33. The smallest absolute Gasteiger partial charge is 0.423 e. The van der Waals surface area contributed by atoms with E-state index in [1.54, 1.807) is 84.9 Å². The van der Waals surface area contributed by atoms with E-state index >= 15 is 0 Å². The molecule has 22 heteroatoms. The number of para-hydroxylation sites is 1. The van der Waals surface area contributed by atoms with Crippen LogP contribution >= 0.6 is 15.6 Å². The van der Waals surface area contributed by atoms with Gasteiger partial charge in [-0.15, -0.1) is 0 Å². The number of rotatable bonds is 18. The predicted octanol–water partition coefficient (Wildman–Crippen LogP) is 5.93. The van der Waals surface area contributed by atoms with Crippen LogP contribution in [0.1, 0.15) is 43.8 Å². The fraction of sp³-hybridized carbons (Fsp3) is 0.178. The van der Waals surface area contributed by atoms with Gasteiger partial charge in [-0.25, -0.2) is 23.5 Å². The standard InChI is InChI=1S/C45H39N3O17P2/c49-39-23-24-47(45(54)48(39)25-36-35-13-7-8-14-37(35)64-46-36)42-41(51)40(50)38(63-42)28-58-66(55,56)65-67(57,59-26-29-15-19-33(20-16-29)61-43(52)31-9-3-1-4-10-31)60-27-30-17-21-34(22-18-30)62-44(53)32-11-5-2-6-12-32/h1-24,38,40-42,50-51H,25-28H2,(H,55,56)/t38-,40+,41?,42-/m1/s1. The van der Waals surface area contributed by atoms with Crippen molar-refractivity contribution in [3.8, 4) is 11.5 Å². The molecule has 1 fully saturated rings. The fourth-order valence-corrected chi connectivity index (χ4v) is 9.27. The predicted molar refractivity (Wildman–Crippen MR) is 234 cm³/mol. The summed E-state index contributed by atoms with van der Waals surface area (Å²) in [5.41, 5.74) is 0.350. The molecule has 1 aliphatic heterocycles. The highest BCUT2D eigenvalue weighted by atomic mass is 31.3. The summed E-state index contributed by atoms with van der Waals surface area (Å²) in [5, 5.41) is 26.4. The number of hydrogen-bond donors (Lipinski definition) is 3. The number of carbonyl (C=O) groups excluding carboxylic acids is 2. The molecule has 3 N–H and O–H groups in total. The molecule has 2 aromatic heterocycles. The molecular formula is C45H39N3O17P2. The number of phosphoric ester groups is 2. The third-order valence-corrected chi connectivity index (χ3v) is 13.1. The number of ether oxygens (including phenoxy) is 3. The minimum atomic E-state index is -5.46. The largest absolute Gasteiger partial charge is 0.484 e. The van der Waals surface area contributed by atoms with Crippen LogP contribution in [0.15, 0.2) is 160 Å². The minimum absolute atomic E-state index is 0.176. The molecule has 67 heavy (non-hydrogen) atoms. The fourth-order valence-electron chi connectivity index (χ4n) is 6.67. The Morgan fingerprint density at radius 2 is 1.21 bits per heavy atom. The number of carbonyl (C=O) groups is 2. The van der Waals surface area contributed by atoms with Crippen molar-refractivity contribution in [2.45, 2.75) is 44.3 Å².